The van der Waals surface area contributed by atoms with Crippen molar-refractivity contribution in [2.45, 2.75) is 6.54 Å². The van der Waals surface area contributed by atoms with Gasteiger partial charge in [-0.05, 0) is 17.3 Å². The summed E-state index contributed by atoms with van der Waals surface area (Å²) in [5.41, 5.74) is 0.716. The number of aromatic carboxylic acids is 1. The summed E-state index contributed by atoms with van der Waals surface area (Å²) in [5.74, 6) is -1.85. The monoisotopic (exact) mass is 248 g/mol. The van der Waals surface area contributed by atoms with Gasteiger partial charge in [0.25, 0.3) is 0 Å². The molecule has 0 aliphatic carbocycles. The van der Waals surface area contributed by atoms with E-state index in [-0.39, 0.29) is 17.9 Å². The molecular weight excluding hydrogens is 240 g/mol. The van der Waals surface area contributed by atoms with Crippen LogP contribution >= 0.6 is 0 Å². The number of benzene rings is 1. The predicted octanol–water partition coefficient (Wildman–Crippen LogP) is 0.123. The van der Waals surface area contributed by atoms with E-state index < -0.39 is 11.9 Å². The van der Waals surface area contributed by atoms with Crippen LogP contribution in [0.3, 0.4) is 0 Å². The van der Waals surface area contributed by atoms with Crippen LogP contribution in [0.1, 0.15) is 10.4 Å². The van der Waals surface area contributed by atoms with Crippen molar-refractivity contribution in [3.63, 3.8) is 0 Å². The van der Waals surface area contributed by atoms with E-state index in [2.05, 4.69) is 15.4 Å². The molecule has 0 aliphatic heterocycles. The molecular formula is C10H8N4O4. The average molecular weight is 248 g/mol. The van der Waals surface area contributed by atoms with E-state index in [1.807, 2.05) is 0 Å². The van der Waals surface area contributed by atoms with Crippen LogP contribution in [0.2, 0.25) is 0 Å². The number of carbonyl (C=O) groups is 2. The lowest BCUT2D eigenvalue weighted by molar-refractivity contribution is -0.138. The molecule has 18 heavy (non-hydrogen) atoms. The molecule has 0 radical (unpaired) electrons. The Kier molecular flexibility index (Phi) is 3.00. The van der Waals surface area contributed by atoms with Crippen LogP contribution < -0.4 is 0 Å². The van der Waals surface area contributed by atoms with Gasteiger partial charge in [-0.3, -0.25) is 4.79 Å². The van der Waals surface area contributed by atoms with E-state index >= 15 is 0 Å². The third-order valence-corrected chi connectivity index (χ3v) is 2.12. The molecule has 1 aromatic heterocycles. The number of aromatic nitrogens is 4. The third kappa shape index (κ3) is 2.48. The second-order valence-corrected chi connectivity index (χ2v) is 3.42. The fraction of sp³-hybridized carbons (Fsp3) is 0.100. The first-order valence-electron chi connectivity index (χ1n) is 4.89. The quantitative estimate of drug-likeness (QED) is 0.788. The molecule has 2 rings (SSSR count). The maximum atomic E-state index is 10.7. The van der Waals surface area contributed by atoms with E-state index in [9.17, 15) is 9.59 Å². The smallest absolute Gasteiger partial charge is 0.335 e. The first kappa shape index (κ1) is 11.7. The number of carboxylic acid groups (broad SMARTS) is 2. The lowest BCUT2D eigenvalue weighted by Gasteiger charge is -1.96. The van der Waals surface area contributed by atoms with Gasteiger partial charge in [0.2, 0.25) is 5.82 Å². The highest BCUT2D eigenvalue weighted by molar-refractivity contribution is 5.88. The van der Waals surface area contributed by atoms with E-state index in [0.717, 1.165) is 4.80 Å². The normalized spacial score (nSPS) is 10.2. The number of rotatable bonds is 4. The summed E-state index contributed by atoms with van der Waals surface area (Å²) in [6.07, 6.45) is 0. The Bertz CT molecular complexity index is 590. The van der Waals surface area contributed by atoms with Crippen LogP contribution in [-0.2, 0) is 11.3 Å². The Hall–Kier alpha value is -2.77. The van der Waals surface area contributed by atoms with Crippen molar-refractivity contribution < 1.29 is 19.8 Å². The van der Waals surface area contributed by atoms with Gasteiger partial charge in [0.1, 0.15) is 0 Å². The second kappa shape index (κ2) is 4.62. The molecule has 0 aliphatic rings. The summed E-state index contributed by atoms with van der Waals surface area (Å²) in [4.78, 5) is 22.0. The number of tetrazole rings is 1. The molecule has 0 saturated heterocycles. The van der Waals surface area contributed by atoms with Crippen molar-refractivity contribution in [2.24, 2.45) is 0 Å². The summed E-state index contributed by atoms with van der Waals surface area (Å²) in [6.45, 7) is -0.375. The fourth-order valence-corrected chi connectivity index (χ4v) is 1.31. The van der Waals surface area contributed by atoms with Crippen molar-refractivity contribution in [1.29, 1.82) is 0 Å². The Labute approximate surface area is 100 Å². The predicted molar refractivity (Wildman–Crippen MR) is 57.8 cm³/mol. The van der Waals surface area contributed by atoms with Crippen LogP contribution in [-0.4, -0.2) is 42.4 Å². The molecule has 1 heterocycles. The topological polar surface area (TPSA) is 118 Å². The minimum Gasteiger partial charge on any atom is -0.480 e. The Morgan fingerprint density at radius 3 is 2.39 bits per heavy atom. The molecule has 0 spiro atoms. The van der Waals surface area contributed by atoms with Gasteiger partial charge in [0.15, 0.2) is 6.54 Å². The highest BCUT2D eigenvalue weighted by Crippen LogP contribution is 2.14. The molecule has 8 nitrogen and oxygen atoms in total. The highest BCUT2D eigenvalue weighted by Gasteiger charge is 2.09. The minimum absolute atomic E-state index is 0.150. The first-order chi connectivity index (χ1) is 8.56. The maximum absolute atomic E-state index is 10.7. The molecule has 0 atom stereocenters. The van der Waals surface area contributed by atoms with Crippen LogP contribution in [0.15, 0.2) is 24.3 Å². The zero-order chi connectivity index (χ0) is 13.1. The largest absolute Gasteiger partial charge is 0.480 e. The lowest BCUT2D eigenvalue weighted by Crippen LogP contribution is -2.11. The van der Waals surface area contributed by atoms with Gasteiger partial charge in [-0.15, -0.1) is 10.2 Å². The molecule has 0 bridgehead atoms. The van der Waals surface area contributed by atoms with E-state index in [0.29, 0.717) is 5.56 Å². The molecule has 0 unspecified atom stereocenters. The minimum atomic E-state index is -1.07. The molecule has 2 N–H and O–H groups in total. The second-order valence-electron chi connectivity index (χ2n) is 3.42. The molecule has 2 aromatic rings. The molecule has 92 valence electrons. The van der Waals surface area contributed by atoms with Gasteiger partial charge in [0.05, 0.1) is 5.56 Å². The summed E-state index contributed by atoms with van der Waals surface area (Å²) in [5, 5.41) is 28.4. The molecule has 1 aromatic carbocycles. The summed E-state index contributed by atoms with van der Waals surface area (Å²) in [7, 11) is 0. The van der Waals surface area contributed by atoms with Gasteiger partial charge in [0, 0.05) is 5.56 Å². The SMILES string of the molecule is O=C(O)Cn1nnc(-c2ccc(C(=O)O)cc2)n1. The van der Waals surface area contributed by atoms with Gasteiger partial charge in [-0.25, -0.2) is 4.79 Å². The van der Waals surface area contributed by atoms with Crippen molar-refractivity contribution in [3.8, 4) is 11.4 Å². The number of nitrogens with zero attached hydrogens (tertiary/aromatic N) is 4. The fourth-order valence-electron chi connectivity index (χ4n) is 1.31. The van der Waals surface area contributed by atoms with Crippen molar-refractivity contribution in [1.82, 2.24) is 20.2 Å². The Morgan fingerprint density at radius 1 is 1.17 bits per heavy atom. The van der Waals surface area contributed by atoms with E-state index in [4.69, 9.17) is 10.2 Å². The standard InChI is InChI=1S/C10H8N4O4/c15-8(16)5-14-12-9(11-13-14)6-1-3-7(4-2-6)10(17)18/h1-4H,5H2,(H,15,16)(H,17,18). The van der Waals surface area contributed by atoms with Crippen LogP contribution in [0.4, 0.5) is 0 Å². The third-order valence-electron chi connectivity index (χ3n) is 2.12. The molecule has 8 heteroatoms. The van der Waals surface area contributed by atoms with Crippen molar-refractivity contribution in [3.05, 3.63) is 29.8 Å². The number of aliphatic carboxylic acids is 1. The molecule has 0 saturated carbocycles. The summed E-state index contributed by atoms with van der Waals surface area (Å²) >= 11 is 0. The first-order valence-corrected chi connectivity index (χ1v) is 4.89. The zero-order valence-corrected chi connectivity index (χ0v) is 9.02. The van der Waals surface area contributed by atoms with Crippen molar-refractivity contribution >= 4 is 11.9 Å². The van der Waals surface area contributed by atoms with Gasteiger partial charge < -0.3 is 10.2 Å². The lowest BCUT2D eigenvalue weighted by atomic mass is 10.1. The van der Waals surface area contributed by atoms with Crippen molar-refractivity contribution in [2.75, 3.05) is 0 Å². The van der Waals surface area contributed by atoms with Gasteiger partial charge >= 0.3 is 11.9 Å². The molecule has 0 fully saturated rings. The number of hydrogen-bond donors (Lipinski definition) is 2. The zero-order valence-electron chi connectivity index (χ0n) is 9.02. The maximum Gasteiger partial charge on any atom is 0.335 e. The van der Waals surface area contributed by atoms with E-state index in [1.54, 1.807) is 0 Å². The Morgan fingerprint density at radius 2 is 1.83 bits per heavy atom. The van der Waals surface area contributed by atoms with Gasteiger partial charge in [-0.1, -0.05) is 12.1 Å². The van der Waals surface area contributed by atoms with E-state index in [1.165, 1.54) is 24.3 Å². The average Bonchev–Trinajstić information content (AvgIpc) is 2.76. The summed E-state index contributed by atoms with van der Waals surface area (Å²) in [6, 6.07) is 5.89. The van der Waals surface area contributed by atoms with Crippen LogP contribution in [0.25, 0.3) is 11.4 Å². The molecule has 0 amide bonds. The highest BCUT2D eigenvalue weighted by atomic mass is 16.4. The van der Waals surface area contributed by atoms with Gasteiger partial charge in [-0.2, -0.15) is 4.80 Å². The number of hydrogen-bond acceptors (Lipinski definition) is 5. The van der Waals surface area contributed by atoms with Crippen LogP contribution in [0.5, 0.6) is 0 Å². The Balaban J connectivity index is 2.23. The summed E-state index contributed by atoms with van der Waals surface area (Å²) < 4.78 is 0. The van der Waals surface area contributed by atoms with Crippen LogP contribution in [0, 0.1) is 0 Å². The number of carboxylic acids is 2.